The van der Waals surface area contributed by atoms with Gasteiger partial charge in [-0.25, -0.2) is 0 Å². The minimum absolute atomic E-state index is 0.205. The molecular formula is C21H20N2O2S. The third kappa shape index (κ3) is 3.71. The molecule has 0 radical (unpaired) electrons. The number of rotatable bonds is 4. The number of amides is 1. The van der Waals surface area contributed by atoms with Gasteiger partial charge in [0.15, 0.2) is 4.80 Å². The summed E-state index contributed by atoms with van der Waals surface area (Å²) in [7, 11) is 1.61. The first-order valence-corrected chi connectivity index (χ1v) is 9.08. The molecule has 1 heterocycles. The predicted octanol–water partition coefficient (Wildman–Crippen LogP) is 3.63. The topological polar surface area (TPSA) is 43.6 Å². The predicted molar refractivity (Wildman–Crippen MR) is 105 cm³/mol. The van der Waals surface area contributed by atoms with Crippen molar-refractivity contribution in [2.24, 2.45) is 4.99 Å². The van der Waals surface area contributed by atoms with Crippen LogP contribution in [0.1, 0.15) is 16.7 Å². The smallest absolute Gasteiger partial charge is 0.252 e. The van der Waals surface area contributed by atoms with Crippen LogP contribution in [0.4, 0.5) is 0 Å². The lowest BCUT2D eigenvalue weighted by Crippen LogP contribution is -2.17. The normalized spacial score (nSPS) is 11.5. The zero-order valence-electron chi connectivity index (χ0n) is 15.1. The van der Waals surface area contributed by atoms with Crippen molar-refractivity contribution in [3.63, 3.8) is 0 Å². The number of carbonyl (C=O) groups is 1. The highest BCUT2D eigenvalue weighted by Crippen LogP contribution is 2.22. The maximum Gasteiger partial charge on any atom is 0.252 e. The number of benzene rings is 2. The molecule has 1 amide bonds. The quantitative estimate of drug-likeness (QED) is 0.664. The SMILES string of the molecule is C#CCn1c(=NC(=O)Cc2cccc(OC)c2)sc2cc(C)c(C)cc21. The molecule has 0 aliphatic heterocycles. The molecule has 4 nitrogen and oxygen atoms in total. The van der Waals surface area contributed by atoms with Crippen LogP contribution in [0, 0.1) is 26.2 Å². The maximum absolute atomic E-state index is 12.5. The molecule has 26 heavy (non-hydrogen) atoms. The zero-order valence-corrected chi connectivity index (χ0v) is 15.9. The number of carbonyl (C=O) groups excluding carboxylic acids is 1. The maximum atomic E-state index is 12.5. The molecule has 0 spiro atoms. The van der Waals surface area contributed by atoms with Crippen LogP contribution in [0.15, 0.2) is 41.4 Å². The van der Waals surface area contributed by atoms with Crippen molar-refractivity contribution in [3.8, 4) is 18.1 Å². The van der Waals surface area contributed by atoms with Crippen molar-refractivity contribution >= 4 is 27.5 Å². The molecule has 0 fully saturated rings. The third-order valence-electron chi connectivity index (χ3n) is 4.26. The first-order valence-electron chi connectivity index (χ1n) is 8.26. The molecule has 3 aromatic rings. The summed E-state index contributed by atoms with van der Waals surface area (Å²) in [4.78, 5) is 17.4. The molecule has 132 valence electrons. The van der Waals surface area contributed by atoms with E-state index >= 15 is 0 Å². The number of terminal acetylenes is 1. The summed E-state index contributed by atoms with van der Waals surface area (Å²) in [5.41, 5.74) is 4.29. The number of aromatic nitrogens is 1. The highest BCUT2D eigenvalue weighted by Gasteiger charge is 2.10. The standard InChI is InChI=1S/C21H20N2O2S/c1-5-9-23-18-10-14(2)15(3)11-19(18)26-21(23)22-20(24)13-16-7-6-8-17(12-16)25-4/h1,6-8,10-12H,9,13H2,2-4H3. The molecule has 0 bridgehead atoms. The number of thiazole rings is 1. The molecule has 0 aliphatic carbocycles. The highest BCUT2D eigenvalue weighted by atomic mass is 32.1. The van der Waals surface area contributed by atoms with Gasteiger partial charge in [0.1, 0.15) is 5.75 Å². The van der Waals surface area contributed by atoms with E-state index in [0.29, 0.717) is 11.3 Å². The van der Waals surface area contributed by atoms with Gasteiger partial charge in [0.2, 0.25) is 0 Å². The summed E-state index contributed by atoms with van der Waals surface area (Å²) in [6.07, 6.45) is 5.75. The van der Waals surface area contributed by atoms with E-state index in [0.717, 1.165) is 21.5 Å². The Balaban J connectivity index is 2.01. The van der Waals surface area contributed by atoms with Gasteiger partial charge in [0, 0.05) is 0 Å². The average molecular weight is 364 g/mol. The van der Waals surface area contributed by atoms with E-state index in [1.807, 2.05) is 28.8 Å². The molecule has 5 heteroatoms. The van der Waals surface area contributed by atoms with Crippen LogP contribution in [0.2, 0.25) is 0 Å². The minimum Gasteiger partial charge on any atom is -0.497 e. The number of methoxy groups -OCH3 is 1. The molecule has 0 saturated carbocycles. The summed E-state index contributed by atoms with van der Waals surface area (Å²) in [5, 5.41) is 0. The average Bonchev–Trinajstić information content (AvgIpc) is 2.92. The van der Waals surface area contributed by atoms with E-state index in [-0.39, 0.29) is 12.3 Å². The van der Waals surface area contributed by atoms with Crippen molar-refractivity contribution < 1.29 is 9.53 Å². The summed E-state index contributed by atoms with van der Waals surface area (Å²) in [6.45, 7) is 4.52. The highest BCUT2D eigenvalue weighted by molar-refractivity contribution is 7.16. The van der Waals surface area contributed by atoms with Gasteiger partial charge < -0.3 is 9.30 Å². The van der Waals surface area contributed by atoms with E-state index in [1.54, 1.807) is 7.11 Å². The van der Waals surface area contributed by atoms with Crippen LogP contribution in [-0.4, -0.2) is 17.6 Å². The fourth-order valence-electron chi connectivity index (χ4n) is 2.75. The number of nitrogens with zero attached hydrogens (tertiary/aromatic N) is 2. The first-order chi connectivity index (χ1) is 12.5. The Hall–Kier alpha value is -2.84. The molecule has 0 unspecified atom stereocenters. The summed E-state index contributed by atoms with van der Waals surface area (Å²) in [6, 6.07) is 11.7. The largest absolute Gasteiger partial charge is 0.497 e. The third-order valence-corrected chi connectivity index (χ3v) is 5.30. The van der Waals surface area contributed by atoms with Gasteiger partial charge in [-0.3, -0.25) is 4.79 Å². The molecular weight excluding hydrogens is 344 g/mol. The molecule has 0 saturated heterocycles. The van der Waals surface area contributed by atoms with Crippen LogP contribution in [-0.2, 0) is 17.8 Å². The number of fused-ring (bicyclic) bond motifs is 1. The molecule has 0 aliphatic rings. The van der Waals surface area contributed by atoms with Crippen LogP contribution in [0.3, 0.4) is 0 Å². The lowest BCUT2D eigenvalue weighted by Gasteiger charge is -2.03. The van der Waals surface area contributed by atoms with E-state index in [2.05, 4.69) is 36.9 Å². The van der Waals surface area contributed by atoms with Crippen molar-refractivity contribution in [3.05, 3.63) is 57.9 Å². The van der Waals surface area contributed by atoms with Crippen molar-refractivity contribution in [2.75, 3.05) is 7.11 Å². The Bertz CT molecular complexity index is 1080. The van der Waals surface area contributed by atoms with E-state index in [1.165, 1.54) is 22.5 Å². The van der Waals surface area contributed by atoms with E-state index < -0.39 is 0 Å². The van der Waals surface area contributed by atoms with Gasteiger partial charge in [0.25, 0.3) is 5.91 Å². The second-order valence-electron chi connectivity index (χ2n) is 6.11. The molecule has 1 aromatic heterocycles. The van der Waals surface area contributed by atoms with Gasteiger partial charge in [0.05, 0.1) is 30.3 Å². The Morgan fingerprint density at radius 3 is 2.77 bits per heavy atom. The summed E-state index contributed by atoms with van der Waals surface area (Å²) >= 11 is 1.49. The minimum atomic E-state index is -0.205. The van der Waals surface area contributed by atoms with E-state index in [9.17, 15) is 4.79 Å². The summed E-state index contributed by atoms with van der Waals surface area (Å²) < 4.78 is 8.21. The zero-order chi connectivity index (χ0) is 18.7. The van der Waals surface area contributed by atoms with Crippen LogP contribution >= 0.6 is 11.3 Å². The van der Waals surface area contributed by atoms with Crippen molar-refractivity contribution in [1.29, 1.82) is 0 Å². The second kappa shape index (κ2) is 7.59. The lowest BCUT2D eigenvalue weighted by molar-refractivity contribution is -0.117. The number of hydrogen-bond donors (Lipinski definition) is 0. The van der Waals surface area contributed by atoms with Crippen LogP contribution < -0.4 is 9.54 Å². The lowest BCUT2D eigenvalue weighted by atomic mass is 10.1. The van der Waals surface area contributed by atoms with Gasteiger partial charge in [-0.2, -0.15) is 4.99 Å². The van der Waals surface area contributed by atoms with Crippen molar-refractivity contribution in [1.82, 2.24) is 4.57 Å². The molecule has 0 N–H and O–H groups in total. The second-order valence-corrected chi connectivity index (χ2v) is 7.12. The number of aryl methyl sites for hydroxylation is 2. The van der Waals surface area contributed by atoms with Crippen molar-refractivity contribution in [2.45, 2.75) is 26.8 Å². The molecule has 0 atom stereocenters. The van der Waals surface area contributed by atoms with Gasteiger partial charge in [-0.05, 0) is 54.8 Å². The fourth-order valence-corrected chi connectivity index (χ4v) is 3.88. The Labute approximate surface area is 156 Å². The number of hydrogen-bond acceptors (Lipinski definition) is 3. The number of ether oxygens (including phenoxy) is 1. The fraction of sp³-hybridized carbons (Fsp3) is 0.238. The Morgan fingerprint density at radius 1 is 1.27 bits per heavy atom. The Morgan fingerprint density at radius 2 is 2.04 bits per heavy atom. The summed E-state index contributed by atoms with van der Waals surface area (Å²) in [5.74, 6) is 3.18. The van der Waals surface area contributed by atoms with Gasteiger partial charge in [-0.1, -0.05) is 29.4 Å². The van der Waals surface area contributed by atoms with Crippen LogP contribution in [0.5, 0.6) is 5.75 Å². The van der Waals surface area contributed by atoms with E-state index in [4.69, 9.17) is 11.2 Å². The van der Waals surface area contributed by atoms with Gasteiger partial charge in [-0.15, -0.1) is 6.42 Å². The first kappa shape index (κ1) is 18.0. The Kier molecular flexibility index (Phi) is 5.24. The molecule has 3 rings (SSSR count). The molecule has 2 aromatic carbocycles. The van der Waals surface area contributed by atoms with Crippen LogP contribution in [0.25, 0.3) is 10.2 Å². The van der Waals surface area contributed by atoms with Gasteiger partial charge >= 0.3 is 0 Å². The monoisotopic (exact) mass is 364 g/mol.